The van der Waals surface area contributed by atoms with Crippen molar-refractivity contribution in [2.45, 2.75) is 46.1 Å². The topological polar surface area (TPSA) is 76.3 Å². The number of hydrogen-bond donors (Lipinski definition) is 1. The highest BCUT2D eigenvalue weighted by molar-refractivity contribution is 6.01. The Labute approximate surface area is 169 Å². The monoisotopic (exact) mass is 388 g/mol. The molecule has 0 radical (unpaired) electrons. The highest BCUT2D eigenvalue weighted by Crippen LogP contribution is 2.17. The summed E-state index contributed by atoms with van der Waals surface area (Å²) in [6.45, 7) is 6.87. The number of aryl methyl sites for hydroxylation is 1. The van der Waals surface area contributed by atoms with E-state index in [0.717, 1.165) is 29.9 Å². The van der Waals surface area contributed by atoms with Gasteiger partial charge >= 0.3 is 0 Å². The van der Waals surface area contributed by atoms with Crippen LogP contribution in [0.1, 0.15) is 60.4 Å². The number of hydrogen-bond acceptors (Lipinski definition) is 4. The van der Waals surface area contributed by atoms with Gasteiger partial charge in [-0.25, -0.2) is 10.4 Å². The molecule has 29 heavy (non-hydrogen) atoms. The molecular formula is C23H24N4O2. The number of carbonyl (C=O) groups is 1. The lowest BCUT2D eigenvalue weighted by atomic mass is 10.0. The normalized spacial score (nSPS) is 13.7. The van der Waals surface area contributed by atoms with Crippen LogP contribution in [0.2, 0.25) is 0 Å². The lowest BCUT2D eigenvalue weighted by Crippen LogP contribution is -2.22. The smallest absolute Gasteiger partial charge is 0.271 e. The number of amides is 1. The number of hydrazone groups is 1. The van der Waals surface area contributed by atoms with Crippen LogP contribution in [0.3, 0.4) is 0 Å². The molecule has 1 aliphatic rings. The molecule has 0 bridgehead atoms. The van der Waals surface area contributed by atoms with Crippen molar-refractivity contribution in [3.05, 3.63) is 75.3 Å². The van der Waals surface area contributed by atoms with E-state index in [0.29, 0.717) is 28.9 Å². The Morgan fingerprint density at radius 2 is 1.86 bits per heavy atom. The van der Waals surface area contributed by atoms with Gasteiger partial charge in [0.05, 0.1) is 16.6 Å². The summed E-state index contributed by atoms with van der Waals surface area (Å²) in [5, 5.41) is 4.77. The van der Waals surface area contributed by atoms with Gasteiger partial charge in [-0.2, -0.15) is 5.10 Å². The number of benzene rings is 2. The molecule has 6 heteroatoms. The van der Waals surface area contributed by atoms with Crippen molar-refractivity contribution >= 4 is 22.5 Å². The van der Waals surface area contributed by atoms with E-state index < -0.39 is 0 Å². The molecule has 1 aliphatic heterocycles. The SMILES string of the molecule is C/C(=N/NC(=O)c1ccc2c(=O)n3c(nc2c1)CCC3)c1ccc(C(C)C)cc1. The lowest BCUT2D eigenvalue weighted by molar-refractivity contribution is 0.0955. The first-order valence-electron chi connectivity index (χ1n) is 9.92. The second-order valence-corrected chi connectivity index (χ2v) is 7.74. The largest absolute Gasteiger partial charge is 0.296 e. The molecule has 0 spiro atoms. The third kappa shape index (κ3) is 3.70. The molecule has 0 saturated heterocycles. The van der Waals surface area contributed by atoms with Gasteiger partial charge in [-0.05, 0) is 48.6 Å². The molecule has 0 fully saturated rings. The Morgan fingerprint density at radius 3 is 2.59 bits per heavy atom. The maximum absolute atomic E-state index is 12.6. The average Bonchev–Trinajstić information content (AvgIpc) is 3.20. The Kier molecular flexibility index (Phi) is 5.01. The van der Waals surface area contributed by atoms with Gasteiger partial charge in [0.25, 0.3) is 11.5 Å². The fraction of sp³-hybridized carbons (Fsp3) is 0.304. The summed E-state index contributed by atoms with van der Waals surface area (Å²) < 4.78 is 1.72. The van der Waals surface area contributed by atoms with Crippen LogP contribution in [0.5, 0.6) is 0 Å². The van der Waals surface area contributed by atoms with Crippen LogP contribution in [-0.2, 0) is 13.0 Å². The van der Waals surface area contributed by atoms with Gasteiger partial charge in [-0.15, -0.1) is 0 Å². The van der Waals surface area contributed by atoms with Crippen LogP contribution >= 0.6 is 0 Å². The minimum absolute atomic E-state index is 0.0341. The Bertz CT molecular complexity index is 1170. The zero-order valence-corrected chi connectivity index (χ0v) is 16.9. The van der Waals surface area contributed by atoms with E-state index in [1.807, 2.05) is 19.1 Å². The zero-order chi connectivity index (χ0) is 20.5. The molecule has 0 aliphatic carbocycles. The van der Waals surface area contributed by atoms with Crippen LogP contribution in [0.25, 0.3) is 10.9 Å². The number of fused-ring (bicyclic) bond motifs is 2. The Morgan fingerprint density at radius 1 is 1.14 bits per heavy atom. The summed E-state index contributed by atoms with van der Waals surface area (Å²) >= 11 is 0. The summed E-state index contributed by atoms with van der Waals surface area (Å²) in [6, 6.07) is 13.1. The van der Waals surface area contributed by atoms with Gasteiger partial charge in [0.1, 0.15) is 5.82 Å². The summed E-state index contributed by atoms with van der Waals surface area (Å²) in [5.41, 5.74) is 6.50. The molecule has 1 N–H and O–H groups in total. The molecular weight excluding hydrogens is 364 g/mol. The van der Waals surface area contributed by atoms with E-state index in [1.54, 1.807) is 22.8 Å². The summed E-state index contributed by atoms with van der Waals surface area (Å²) in [6.07, 6.45) is 1.72. The van der Waals surface area contributed by atoms with Crippen molar-refractivity contribution in [3.63, 3.8) is 0 Å². The number of nitrogens with zero attached hydrogens (tertiary/aromatic N) is 3. The predicted molar refractivity (Wildman–Crippen MR) is 115 cm³/mol. The van der Waals surface area contributed by atoms with Crippen molar-refractivity contribution in [1.29, 1.82) is 0 Å². The molecule has 0 unspecified atom stereocenters. The van der Waals surface area contributed by atoms with Gasteiger partial charge in [0.15, 0.2) is 0 Å². The van der Waals surface area contributed by atoms with Gasteiger partial charge in [-0.3, -0.25) is 14.2 Å². The molecule has 6 nitrogen and oxygen atoms in total. The van der Waals surface area contributed by atoms with Crippen LogP contribution in [0.15, 0.2) is 52.4 Å². The zero-order valence-electron chi connectivity index (χ0n) is 16.9. The van der Waals surface area contributed by atoms with Crippen molar-refractivity contribution in [3.8, 4) is 0 Å². The minimum Gasteiger partial charge on any atom is -0.296 e. The Balaban J connectivity index is 1.55. The van der Waals surface area contributed by atoms with Gasteiger partial charge in [0.2, 0.25) is 0 Å². The lowest BCUT2D eigenvalue weighted by Gasteiger charge is -2.08. The van der Waals surface area contributed by atoms with Crippen molar-refractivity contribution in [2.24, 2.45) is 5.10 Å². The molecule has 2 heterocycles. The maximum Gasteiger partial charge on any atom is 0.271 e. The van der Waals surface area contributed by atoms with E-state index in [1.165, 1.54) is 5.56 Å². The van der Waals surface area contributed by atoms with E-state index in [2.05, 4.69) is 41.5 Å². The number of aromatic nitrogens is 2. The molecule has 4 rings (SSSR count). The van der Waals surface area contributed by atoms with Crippen molar-refractivity contribution in [1.82, 2.24) is 15.0 Å². The quantitative estimate of drug-likeness (QED) is 0.548. The van der Waals surface area contributed by atoms with E-state index >= 15 is 0 Å². The Hall–Kier alpha value is -3.28. The van der Waals surface area contributed by atoms with Gasteiger partial charge in [0, 0.05) is 18.5 Å². The van der Waals surface area contributed by atoms with Crippen LogP contribution in [-0.4, -0.2) is 21.2 Å². The molecule has 1 amide bonds. The highest BCUT2D eigenvalue weighted by Gasteiger charge is 2.17. The maximum atomic E-state index is 12.6. The molecule has 0 saturated carbocycles. The number of rotatable bonds is 4. The first kappa shape index (κ1) is 19.1. The first-order valence-corrected chi connectivity index (χ1v) is 9.92. The minimum atomic E-state index is -0.326. The summed E-state index contributed by atoms with van der Waals surface area (Å²) in [5.74, 6) is 0.933. The summed E-state index contributed by atoms with van der Waals surface area (Å²) in [7, 11) is 0. The molecule has 0 atom stereocenters. The van der Waals surface area contributed by atoms with Crippen LogP contribution in [0.4, 0.5) is 0 Å². The molecule has 2 aromatic carbocycles. The standard InChI is InChI=1S/C23H24N4O2/c1-14(2)16-6-8-17(9-7-16)15(3)25-26-22(28)18-10-11-19-20(13-18)24-21-5-4-12-27(21)23(19)29/h6-11,13-14H,4-5,12H2,1-3H3,(H,26,28)/b25-15-. The third-order valence-electron chi connectivity index (χ3n) is 5.40. The summed E-state index contributed by atoms with van der Waals surface area (Å²) in [4.78, 5) is 29.7. The third-order valence-corrected chi connectivity index (χ3v) is 5.40. The molecule has 1 aromatic heterocycles. The fourth-order valence-corrected chi connectivity index (χ4v) is 3.60. The van der Waals surface area contributed by atoms with Crippen molar-refractivity contribution < 1.29 is 4.79 Å². The average molecular weight is 388 g/mol. The van der Waals surface area contributed by atoms with E-state index in [9.17, 15) is 9.59 Å². The molecule has 3 aromatic rings. The van der Waals surface area contributed by atoms with Gasteiger partial charge < -0.3 is 0 Å². The van der Waals surface area contributed by atoms with E-state index in [-0.39, 0.29) is 11.5 Å². The van der Waals surface area contributed by atoms with Crippen LogP contribution in [0, 0.1) is 0 Å². The van der Waals surface area contributed by atoms with E-state index in [4.69, 9.17) is 0 Å². The predicted octanol–water partition coefficient (Wildman–Crippen LogP) is 3.62. The first-order chi connectivity index (χ1) is 13.9. The number of nitrogens with one attached hydrogen (secondary N) is 1. The van der Waals surface area contributed by atoms with Crippen molar-refractivity contribution in [2.75, 3.05) is 0 Å². The number of carbonyl (C=O) groups excluding carboxylic acids is 1. The highest BCUT2D eigenvalue weighted by atomic mass is 16.2. The second kappa shape index (κ2) is 7.62. The van der Waals surface area contributed by atoms with Crippen LogP contribution < -0.4 is 11.0 Å². The van der Waals surface area contributed by atoms with Gasteiger partial charge in [-0.1, -0.05) is 38.1 Å². The second-order valence-electron chi connectivity index (χ2n) is 7.74. The fourth-order valence-electron chi connectivity index (χ4n) is 3.60. The molecule has 148 valence electrons.